The van der Waals surface area contributed by atoms with Gasteiger partial charge in [0, 0.05) is 19.1 Å². The van der Waals surface area contributed by atoms with E-state index in [1.807, 2.05) is 18.2 Å². The second kappa shape index (κ2) is 5.74. The van der Waals surface area contributed by atoms with Crippen molar-refractivity contribution in [3.05, 3.63) is 29.3 Å². The maximum absolute atomic E-state index is 11.8. The Balaban J connectivity index is 1.77. The number of ether oxygens (including phenoxy) is 1. The summed E-state index contributed by atoms with van der Waals surface area (Å²) in [6.07, 6.45) is 2.04. The van der Waals surface area contributed by atoms with E-state index in [1.54, 1.807) is 7.11 Å². The lowest BCUT2D eigenvalue weighted by Crippen LogP contribution is -2.44. The van der Waals surface area contributed by atoms with Crippen molar-refractivity contribution in [1.29, 1.82) is 5.26 Å². The number of rotatable bonds is 3. The van der Waals surface area contributed by atoms with Gasteiger partial charge in [-0.2, -0.15) is 5.26 Å². The Bertz CT molecular complexity index is 594. The standard InChI is InChI=1S/C16H19N3O2/c1-21-15-5-4-11(7-12(15)8-17)10-19-6-2-3-13-14(19)9-18-16(13)20/h4-5,7,13-14H,2-3,6,9-10H2,1H3,(H,18,20)/t13-,14-/m1/s1. The second-order valence-corrected chi connectivity index (χ2v) is 5.68. The van der Waals surface area contributed by atoms with Crippen LogP contribution in [-0.4, -0.2) is 37.0 Å². The fraction of sp³-hybridized carbons (Fsp3) is 0.500. The molecule has 0 bridgehead atoms. The Hall–Kier alpha value is -2.06. The van der Waals surface area contributed by atoms with Crippen LogP contribution in [-0.2, 0) is 11.3 Å². The summed E-state index contributed by atoms with van der Waals surface area (Å²) in [5.74, 6) is 0.931. The van der Waals surface area contributed by atoms with E-state index in [0.29, 0.717) is 17.4 Å². The molecule has 3 rings (SSSR count). The first-order valence-electron chi connectivity index (χ1n) is 7.31. The third kappa shape index (κ3) is 2.59. The molecule has 2 aliphatic heterocycles. The number of fused-ring (bicyclic) bond motifs is 1. The smallest absolute Gasteiger partial charge is 0.224 e. The second-order valence-electron chi connectivity index (χ2n) is 5.68. The van der Waals surface area contributed by atoms with Gasteiger partial charge in [-0.25, -0.2) is 0 Å². The van der Waals surface area contributed by atoms with E-state index in [9.17, 15) is 4.79 Å². The lowest BCUT2D eigenvalue weighted by atomic mass is 9.91. The minimum Gasteiger partial charge on any atom is -0.495 e. The Morgan fingerprint density at radius 2 is 2.38 bits per heavy atom. The zero-order chi connectivity index (χ0) is 14.8. The Morgan fingerprint density at radius 1 is 1.52 bits per heavy atom. The topological polar surface area (TPSA) is 65.4 Å². The molecule has 5 nitrogen and oxygen atoms in total. The molecule has 0 aromatic heterocycles. The van der Waals surface area contributed by atoms with Gasteiger partial charge in [0.25, 0.3) is 0 Å². The van der Waals surface area contributed by atoms with E-state index in [4.69, 9.17) is 10.00 Å². The zero-order valence-corrected chi connectivity index (χ0v) is 12.1. The molecule has 0 unspecified atom stereocenters. The summed E-state index contributed by atoms with van der Waals surface area (Å²) >= 11 is 0. The maximum atomic E-state index is 11.8. The number of nitriles is 1. The molecule has 1 aromatic carbocycles. The summed E-state index contributed by atoms with van der Waals surface area (Å²) in [4.78, 5) is 14.1. The van der Waals surface area contributed by atoms with Crippen LogP contribution in [0.2, 0.25) is 0 Å². The normalized spacial score (nSPS) is 25.0. The van der Waals surface area contributed by atoms with Crippen LogP contribution in [0.5, 0.6) is 5.75 Å². The zero-order valence-electron chi connectivity index (χ0n) is 12.1. The number of nitrogens with zero attached hydrogens (tertiary/aromatic N) is 2. The van der Waals surface area contributed by atoms with Crippen molar-refractivity contribution in [3.8, 4) is 11.8 Å². The Labute approximate surface area is 124 Å². The predicted octanol–water partition coefficient (Wildman–Crippen LogP) is 1.28. The lowest BCUT2D eigenvalue weighted by Gasteiger charge is -2.35. The summed E-state index contributed by atoms with van der Waals surface area (Å²) in [5.41, 5.74) is 1.65. The maximum Gasteiger partial charge on any atom is 0.224 e. The van der Waals surface area contributed by atoms with Crippen LogP contribution in [0.3, 0.4) is 0 Å². The SMILES string of the molecule is COc1ccc(CN2CCC[C@H]3C(=O)NC[C@H]32)cc1C#N. The van der Waals surface area contributed by atoms with Gasteiger partial charge in [-0.05, 0) is 37.1 Å². The molecular formula is C16H19N3O2. The minimum atomic E-state index is 0.132. The molecule has 2 saturated heterocycles. The molecule has 2 fully saturated rings. The summed E-state index contributed by atoms with van der Waals surface area (Å²) < 4.78 is 5.17. The third-order valence-electron chi connectivity index (χ3n) is 4.49. The molecule has 2 aliphatic rings. The molecular weight excluding hydrogens is 266 g/mol. The number of hydrogen-bond acceptors (Lipinski definition) is 4. The highest BCUT2D eigenvalue weighted by atomic mass is 16.5. The van der Waals surface area contributed by atoms with Crippen LogP contribution in [0, 0.1) is 17.2 Å². The van der Waals surface area contributed by atoms with Crippen LogP contribution in [0.1, 0.15) is 24.0 Å². The highest BCUT2D eigenvalue weighted by Crippen LogP contribution is 2.29. The average molecular weight is 285 g/mol. The highest BCUT2D eigenvalue weighted by Gasteiger charge is 2.40. The van der Waals surface area contributed by atoms with Crippen LogP contribution in [0.15, 0.2) is 18.2 Å². The fourth-order valence-corrected chi connectivity index (χ4v) is 3.41. The molecule has 5 heteroatoms. The highest BCUT2D eigenvalue weighted by molar-refractivity contribution is 5.82. The summed E-state index contributed by atoms with van der Waals surface area (Å²) in [7, 11) is 1.57. The lowest BCUT2D eigenvalue weighted by molar-refractivity contribution is -0.124. The molecule has 1 N–H and O–H groups in total. The van der Waals surface area contributed by atoms with Gasteiger partial charge in [-0.1, -0.05) is 6.07 Å². The quantitative estimate of drug-likeness (QED) is 0.908. The van der Waals surface area contributed by atoms with E-state index in [1.165, 1.54) is 0 Å². The van der Waals surface area contributed by atoms with Gasteiger partial charge < -0.3 is 10.1 Å². The monoisotopic (exact) mass is 285 g/mol. The number of carbonyl (C=O) groups is 1. The van der Waals surface area contributed by atoms with Gasteiger partial charge >= 0.3 is 0 Å². The van der Waals surface area contributed by atoms with Crippen molar-refractivity contribution < 1.29 is 9.53 Å². The number of piperidine rings is 1. The molecule has 0 radical (unpaired) electrons. The Morgan fingerprint density at radius 3 is 3.14 bits per heavy atom. The number of benzene rings is 1. The van der Waals surface area contributed by atoms with Gasteiger partial charge in [0.1, 0.15) is 11.8 Å². The van der Waals surface area contributed by atoms with Gasteiger partial charge in [0.05, 0.1) is 18.6 Å². The van der Waals surface area contributed by atoms with Crippen LogP contribution >= 0.6 is 0 Å². The van der Waals surface area contributed by atoms with Crippen LogP contribution < -0.4 is 10.1 Å². The van der Waals surface area contributed by atoms with Gasteiger partial charge in [0.15, 0.2) is 0 Å². The van der Waals surface area contributed by atoms with E-state index in [-0.39, 0.29) is 11.8 Å². The largest absolute Gasteiger partial charge is 0.495 e. The minimum absolute atomic E-state index is 0.132. The molecule has 2 atom stereocenters. The summed E-state index contributed by atoms with van der Waals surface area (Å²) in [6.45, 7) is 2.52. The third-order valence-corrected chi connectivity index (χ3v) is 4.49. The summed E-state index contributed by atoms with van der Waals surface area (Å²) in [5, 5.41) is 12.1. The molecule has 2 heterocycles. The molecule has 1 aromatic rings. The molecule has 110 valence electrons. The fourth-order valence-electron chi connectivity index (χ4n) is 3.41. The molecule has 1 amide bonds. The van der Waals surface area contributed by atoms with Crippen molar-refractivity contribution in [2.24, 2.45) is 5.92 Å². The number of likely N-dealkylation sites (tertiary alicyclic amines) is 1. The summed E-state index contributed by atoms with van der Waals surface area (Å²) in [6, 6.07) is 8.17. The number of amides is 1. The van der Waals surface area contributed by atoms with Crippen molar-refractivity contribution in [1.82, 2.24) is 10.2 Å². The molecule has 0 aliphatic carbocycles. The van der Waals surface area contributed by atoms with Crippen LogP contribution in [0.4, 0.5) is 0 Å². The van der Waals surface area contributed by atoms with Gasteiger partial charge in [-0.3, -0.25) is 9.69 Å². The Kier molecular flexibility index (Phi) is 3.80. The molecule has 0 saturated carbocycles. The molecule has 0 spiro atoms. The van der Waals surface area contributed by atoms with E-state index < -0.39 is 0 Å². The predicted molar refractivity (Wildman–Crippen MR) is 77.6 cm³/mol. The van der Waals surface area contributed by atoms with E-state index >= 15 is 0 Å². The van der Waals surface area contributed by atoms with Crippen LogP contribution in [0.25, 0.3) is 0 Å². The van der Waals surface area contributed by atoms with Crippen molar-refractivity contribution in [3.63, 3.8) is 0 Å². The van der Waals surface area contributed by atoms with E-state index in [2.05, 4.69) is 16.3 Å². The number of hydrogen-bond donors (Lipinski definition) is 1. The van der Waals surface area contributed by atoms with Gasteiger partial charge in [-0.15, -0.1) is 0 Å². The van der Waals surface area contributed by atoms with E-state index in [0.717, 1.165) is 38.0 Å². The van der Waals surface area contributed by atoms with Gasteiger partial charge in [0.2, 0.25) is 5.91 Å². The first-order valence-corrected chi connectivity index (χ1v) is 7.31. The number of nitrogens with one attached hydrogen (secondary N) is 1. The molecule has 21 heavy (non-hydrogen) atoms. The number of carbonyl (C=O) groups excluding carboxylic acids is 1. The number of methoxy groups -OCH3 is 1. The first-order chi connectivity index (χ1) is 10.2. The van der Waals surface area contributed by atoms with Crippen molar-refractivity contribution >= 4 is 5.91 Å². The van der Waals surface area contributed by atoms with Crippen molar-refractivity contribution in [2.45, 2.75) is 25.4 Å². The first kappa shape index (κ1) is 13.9. The van der Waals surface area contributed by atoms with Crippen molar-refractivity contribution in [2.75, 3.05) is 20.2 Å². The average Bonchev–Trinajstić information content (AvgIpc) is 2.90.